The molecule has 9 nitrogen and oxygen atoms in total. The number of fused-ring (bicyclic) bond motifs is 1. The monoisotopic (exact) mass is 307 g/mol. The summed E-state index contributed by atoms with van der Waals surface area (Å²) in [5.74, 6) is -2.10. The summed E-state index contributed by atoms with van der Waals surface area (Å²) in [7, 11) is 1.46. The van der Waals surface area contributed by atoms with Crippen LogP contribution in [0.2, 0.25) is 0 Å². The average molecular weight is 307 g/mol. The second-order valence-electron chi connectivity index (χ2n) is 4.78. The van der Waals surface area contributed by atoms with Crippen molar-refractivity contribution in [2.45, 2.75) is 6.42 Å². The van der Waals surface area contributed by atoms with Gasteiger partial charge in [-0.2, -0.15) is 0 Å². The fourth-order valence-corrected chi connectivity index (χ4v) is 2.16. The minimum atomic E-state index is -1.10. The zero-order valence-corrected chi connectivity index (χ0v) is 11.7. The maximum absolute atomic E-state index is 12.4. The molecule has 0 radical (unpaired) electrons. The second-order valence-corrected chi connectivity index (χ2v) is 4.78. The van der Waals surface area contributed by atoms with E-state index in [0.717, 1.165) is 11.0 Å². The van der Waals surface area contributed by atoms with E-state index in [4.69, 9.17) is 5.11 Å². The molecular formula is C13H13N3O6. The van der Waals surface area contributed by atoms with Gasteiger partial charge in [-0.15, -0.1) is 0 Å². The van der Waals surface area contributed by atoms with Crippen LogP contribution in [0.5, 0.6) is 0 Å². The first kappa shape index (κ1) is 15.4. The number of carbonyl (C=O) groups is 3. The molecule has 116 valence electrons. The third-order valence-corrected chi connectivity index (χ3v) is 3.37. The Kier molecular flexibility index (Phi) is 4.06. The summed E-state index contributed by atoms with van der Waals surface area (Å²) in [5, 5.41) is 19.6. The van der Waals surface area contributed by atoms with Gasteiger partial charge in [-0.1, -0.05) is 0 Å². The summed E-state index contributed by atoms with van der Waals surface area (Å²) < 4.78 is 0. The van der Waals surface area contributed by atoms with Crippen molar-refractivity contribution in [2.24, 2.45) is 0 Å². The van der Waals surface area contributed by atoms with Crippen LogP contribution in [-0.4, -0.2) is 52.9 Å². The van der Waals surface area contributed by atoms with E-state index in [9.17, 15) is 24.5 Å². The van der Waals surface area contributed by atoms with Crippen molar-refractivity contribution < 1.29 is 24.4 Å². The number of benzene rings is 1. The predicted octanol–water partition coefficient (Wildman–Crippen LogP) is 0.488. The van der Waals surface area contributed by atoms with Gasteiger partial charge in [0.2, 0.25) is 5.91 Å². The molecule has 1 N–H and O–H groups in total. The number of hydrogen-bond acceptors (Lipinski definition) is 5. The van der Waals surface area contributed by atoms with Crippen LogP contribution in [0.4, 0.5) is 11.4 Å². The first-order valence-electron chi connectivity index (χ1n) is 6.37. The zero-order valence-electron chi connectivity index (χ0n) is 11.7. The third-order valence-electron chi connectivity index (χ3n) is 3.37. The molecule has 0 bridgehead atoms. The third kappa shape index (κ3) is 2.87. The Bertz CT molecular complexity index is 672. The lowest BCUT2D eigenvalue weighted by molar-refractivity contribution is -0.384. The quantitative estimate of drug-likeness (QED) is 0.638. The molecule has 0 aliphatic carbocycles. The second kappa shape index (κ2) is 5.80. The number of rotatable bonds is 4. The Labute approximate surface area is 124 Å². The molecule has 1 aromatic carbocycles. The van der Waals surface area contributed by atoms with Gasteiger partial charge < -0.3 is 14.9 Å². The van der Waals surface area contributed by atoms with Gasteiger partial charge in [0.1, 0.15) is 6.54 Å². The molecule has 0 atom stereocenters. The van der Waals surface area contributed by atoms with E-state index in [1.54, 1.807) is 0 Å². The van der Waals surface area contributed by atoms with Crippen molar-refractivity contribution in [1.29, 1.82) is 0 Å². The molecule has 0 spiro atoms. The Morgan fingerprint density at radius 2 is 2.09 bits per heavy atom. The average Bonchev–Trinajstić information content (AvgIpc) is 2.56. The number of non-ortho nitro benzene ring substituents is 1. The lowest BCUT2D eigenvalue weighted by Gasteiger charge is -2.18. The number of likely N-dealkylation sites (N-methyl/N-ethyl adjacent to an activating group) is 1. The smallest absolute Gasteiger partial charge is 0.305 e. The highest BCUT2D eigenvalue weighted by Gasteiger charge is 2.31. The number of amides is 2. The molecule has 0 fully saturated rings. The van der Waals surface area contributed by atoms with Crippen LogP contribution in [0.1, 0.15) is 16.8 Å². The van der Waals surface area contributed by atoms with Gasteiger partial charge in [-0.25, -0.2) is 0 Å². The summed E-state index contributed by atoms with van der Waals surface area (Å²) in [4.78, 5) is 47.7. The summed E-state index contributed by atoms with van der Waals surface area (Å²) in [6.07, 6.45) is -0.313. The van der Waals surface area contributed by atoms with E-state index < -0.39 is 22.7 Å². The zero-order chi connectivity index (χ0) is 16.4. The van der Waals surface area contributed by atoms with Crippen molar-refractivity contribution in [1.82, 2.24) is 4.90 Å². The minimum Gasteiger partial charge on any atom is -0.481 e. The van der Waals surface area contributed by atoms with E-state index in [-0.39, 0.29) is 36.4 Å². The van der Waals surface area contributed by atoms with Crippen LogP contribution in [0.25, 0.3) is 0 Å². The molecule has 9 heteroatoms. The van der Waals surface area contributed by atoms with Crippen LogP contribution in [0.15, 0.2) is 18.2 Å². The van der Waals surface area contributed by atoms with Crippen molar-refractivity contribution >= 4 is 29.2 Å². The molecule has 22 heavy (non-hydrogen) atoms. The first-order chi connectivity index (χ1) is 10.3. The first-order valence-corrected chi connectivity index (χ1v) is 6.37. The topological polar surface area (TPSA) is 121 Å². The summed E-state index contributed by atoms with van der Waals surface area (Å²) in [6, 6.07) is 3.65. The Hall–Kier alpha value is -2.97. The van der Waals surface area contributed by atoms with Gasteiger partial charge in [0.15, 0.2) is 0 Å². The van der Waals surface area contributed by atoms with E-state index >= 15 is 0 Å². The van der Waals surface area contributed by atoms with E-state index in [0.29, 0.717) is 0 Å². The molecule has 1 aliphatic rings. The summed E-state index contributed by atoms with van der Waals surface area (Å²) in [6.45, 7) is -0.416. The van der Waals surface area contributed by atoms with Crippen LogP contribution < -0.4 is 4.90 Å². The van der Waals surface area contributed by atoms with Crippen molar-refractivity contribution in [2.75, 3.05) is 25.0 Å². The van der Waals surface area contributed by atoms with Gasteiger partial charge in [0.05, 0.1) is 22.6 Å². The maximum atomic E-state index is 12.4. The summed E-state index contributed by atoms with van der Waals surface area (Å²) >= 11 is 0. The highest BCUT2D eigenvalue weighted by Crippen LogP contribution is 2.28. The molecule has 0 saturated heterocycles. The number of nitro groups is 1. The van der Waals surface area contributed by atoms with Crippen LogP contribution in [-0.2, 0) is 9.59 Å². The Morgan fingerprint density at radius 1 is 1.41 bits per heavy atom. The number of carboxylic acids is 1. The van der Waals surface area contributed by atoms with Gasteiger partial charge in [0.25, 0.3) is 11.6 Å². The van der Waals surface area contributed by atoms with Crippen LogP contribution in [0, 0.1) is 10.1 Å². The van der Waals surface area contributed by atoms with Gasteiger partial charge >= 0.3 is 5.97 Å². The van der Waals surface area contributed by atoms with Crippen molar-refractivity contribution in [3.8, 4) is 0 Å². The van der Waals surface area contributed by atoms with Crippen LogP contribution >= 0.6 is 0 Å². The van der Waals surface area contributed by atoms with Crippen LogP contribution in [0.3, 0.4) is 0 Å². The number of hydrogen-bond donors (Lipinski definition) is 1. The van der Waals surface area contributed by atoms with Crippen molar-refractivity contribution in [3.05, 3.63) is 33.9 Å². The van der Waals surface area contributed by atoms with E-state index in [1.807, 2.05) is 0 Å². The number of aliphatic carboxylic acids is 1. The number of nitrogens with zero attached hydrogens (tertiary/aromatic N) is 3. The normalized spacial score (nSPS) is 14.6. The molecular weight excluding hydrogens is 294 g/mol. The summed E-state index contributed by atoms with van der Waals surface area (Å²) in [5.41, 5.74) is -0.000558. The minimum absolute atomic E-state index is 0.00735. The van der Waals surface area contributed by atoms with E-state index in [1.165, 1.54) is 24.1 Å². The predicted molar refractivity (Wildman–Crippen MR) is 74.7 cm³/mol. The lowest BCUT2D eigenvalue weighted by Crippen LogP contribution is -2.38. The van der Waals surface area contributed by atoms with E-state index in [2.05, 4.69) is 0 Å². The standard InChI is InChI=1S/C13H13N3O6/c1-14-10-3-2-8(16(21)22)6-9(10)13(20)15(7-11(14)17)5-4-12(18)19/h2-3,6H,4-5,7H2,1H3,(H,18,19). The van der Waals surface area contributed by atoms with Crippen molar-refractivity contribution in [3.63, 3.8) is 0 Å². The number of carbonyl (C=O) groups excluding carboxylic acids is 2. The van der Waals surface area contributed by atoms with Gasteiger partial charge in [-0.05, 0) is 6.07 Å². The largest absolute Gasteiger partial charge is 0.481 e. The Balaban J connectivity index is 2.45. The highest BCUT2D eigenvalue weighted by atomic mass is 16.6. The Morgan fingerprint density at radius 3 is 2.68 bits per heavy atom. The number of anilines is 1. The maximum Gasteiger partial charge on any atom is 0.305 e. The highest BCUT2D eigenvalue weighted by molar-refractivity contribution is 6.09. The molecule has 0 saturated carbocycles. The SMILES string of the molecule is CN1C(=O)CN(CCC(=O)O)C(=O)c2cc([N+](=O)[O-])ccc21. The molecule has 1 heterocycles. The molecule has 1 aromatic rings. The molecule has 1 aliphatic heterocycles. The molecule has 2 amide bonds. The molecule has 2 rings (SSSR count). The molecule has 0 aromatic heterocycles. The van der Waals surface area contributed by atoms with Gasteiger partial charge in [0, 0.05) is 25.7 Å². The van der Waals surface area contributed by atoms with Gasteiger partial charge in [-0.3, -0.25) is 24.5 Å². The fraction of sp³-hybridized carbons (Fsp3) is 0.308. The fourth-order valence-electron chi connectivity index (χ4n) is 2.16. The lowest BCUT2D eigenvalue weighted by atomic mass is 10.1. The number of carboxylic acid groups (broad SMARTS) is 1. The number of nitro benzene ring substituents is 1. The molecule has 0 unspecified atom stereocenters.